The minimum absolute atomic E-state index is 0.0500. The molecule has 2 aliphatic rings. The molecule has 5 heteroatoms. The second kappa shape index (κ2) is 7.34. The Bertz CT molecular complexity index is 631. The van der Waals surface area contributed by atoms with Crippen molar-refractivity contribution in [3.8, 4) is 5.75 Å². The van der Waals surface area contributed by atoms with Gasteiger partial charge in [0.05, 0.1) is 13.7 Å². The number of carbonyl (C=O) groups excluding carboxylic acids is 1. The molecule has 3 rings (SSSR count). The number of carbonyl (C=O) groups is 1. The zero-order chi connectivity index (χ0) is 18.0. The number of hydrogen-bond acceptors (Lipinski definition) is 4. The minimum atomic E-state index is 0.0500. The summed E-state index contributed by atoms with van der Waals surface area (Å²) in [6, 6.07) is 6.61. The van der Waals surface area contributed by atoms with Crippen LogP contribution in [0.3, 0.4) is 0 Å². The number of methoxy groups -OCH3 is 1. The second-order valence-corrected chi connectivity index (χ2v) is 7.88. The summed E-state index contributed by atoms with van der Waals surface area (Å²) in [5.74, 6) is 1.07. The van der Waals surface area contributed by atoms with Crippen LogP contribution in [0.1, 0.15) is 31.4 Å². The summed E-state index contributed by atoms with van der Waals surface area (Å²) in [5.41, 5.74) is 2.48. The van der Waals surface area contributed by atoms with Crippen LogP contribution in [0.5, 0.6) is 5.75 Å². The molecule has 2 fully saturated rings. The Labute approximate surface area is 150 Å². The number of hydrogen-bond donors (Lipinski definition) is 0. The van der Waals surface area contributed by atoms with Crippen molar-refractivity contribution in [3.63, 3.8) is 0 Å². The lowest BCUT2D eigenvalue weighted by Gasteiger charge is -2.34. The number of ether oxygens (including phenoxy) is 2. The lowest BCUT2D eigenvalue weighted by atomic mass is 9.87. The Kier molecular flexibility index (Phi) is 5.35. The summed E-state index contributed by atoms with van der Waals surface area (Å²) in [7, 11) is 1.73. The van der Waals surface area contributed by atoms with Gasteiger partial charge in [0.1, 0.15) is 12.4 Å². The predicted molar refractivity (Wildman–Crippen MR) is 97.7 cm³/mol. The van der Waals surface area contributed by atoms with Crippen LogP contribution in [-0.4, -0.2) is 61.7 Å². The molecular weight excluding hydrogens is 316 g/mol. The van der Waals surface area contributed by atoms with E-state index in [-0.39, 0.29) is 24.0 Å². The molecule has 5 nitrogen and oxygen atoms in total. The maximum absolute atomic E-state index is 12.3. The van der Waals surface area contributed by atoms with Crippen molar-refractivity contribution in [1.82, 2.24) is 9.80 Å². The third kappa shape index (κ3) is 3.98. The van der Waals surface area contributed by atoms with Crippen molar-refractivity contribution in [3.05, 3.63) is 29.3 Å². The number of amides is 1. The van der Waals surface area contributed by atoms with E-state index in [0.717, 1.165) is 38.3 Å². The van der Waals surface area contributed by atoms with Gasteiger partial charge in [0.15, 0.2) is 0 Å². The molecule has 25 heavy (non-hydrogen) atoms. The molecule has 1 aromatic carbocycles. The highest BCUT2D eigenvalue weighted by Crippen LogP contribution is 2.35. The third-order valence-electron chi connectivity index (χ3n) is 5.44. The molecule has 0 radical (unpaired) electrons. The third-order valence-corrected chi connectivity index (χ3v) is 5.44. The first kappa shape index (κ1) is 18.2. The van der Waals surface area contributed by atoms with Crippen molar-refractivity contribution in [2.45, 2.75) is 39.8 Å². The number of rotatable bonds is 4. The van der Waals surface area contributed by atoms with Gasteiger partial charge < -0.3 is 14.4 Å². The molecule has 138 valence electrons. The first-order valence-electron chi connectivity index (χ1n) is 9.15. The highest BCUT2D eigenvalue weighted by molar-refractivity contribution is 5.78. The van der Waals surface area contributed by atoms with Crippen molar-refractivity contribution in [1.29, 1.82) is 0 Å². The van der Waals surface area contributed by atoms with Crippen molar-refractivity contribution < 1.29 is 14.3 Å². The topological polar surface area (TPSA) is 42.0 Å². The summed E-state index contributed by atoms with van der Waals surface area (Å²) in [6.07, 6.45) is 1.07. The molecule has 2 saturated heterocycles. The summed E-state index contributed by atoms with van der Waals surface area (Å²) < 4.78 is 11.3. The Morgan fingerprint density at radius 3 is 2.84 bits per heavy atom. The molecule has 0 N–H and O–H groups in total. The largest absolute Gasteiger partial charge is 0.496 e. The van der Waals surface area contributed by atoms with E-state index >= 15 is 0 Å². The molecule has 2 aliphatic heterocycles. The summed E-state index contributed by atoms with van der Waals surface area (Å²) in [4.78, 5) is 16.7. The molecule has 1 spiro atoms. The van der Waals surface area contributed by atoms with Gasteiger partial charge in [0.2, 0.25) is 5.91 Å². The second-order valence-electron chi connectivity index (χ2n) is 7.88. The summed E-state index contributed by atoms with van der Waals surface area (Å²) in [6.45, 7) is 10.8. The van der Waals surface area contributed by atoms with Crippen LogP contribution in [0, 0.1) is 12.3 Å². The first-order valence-corrected chi connectivity index (χ1v) is 9.15. The van der Waals surface area contributed by atoms with Gasteiger partial charge in [-0.1, -0.05) is 12.1 Å². The van der Waals surface area contributed by atoms with E-state index in [1.165, 1.54) is 11.1 Å². The Morgan fingerprint density at radius 2 is 2.12 bits per heavy atom. The zero-order valence-electron chi connectivity index (χ0n) is 15.9. The molecule has 0 aromatic heterocycles. The van der Waals surface area contributed by atoms with E-state index in [4.69, 9.17) is 9.47 Å². The molecular formula is C20H30N2O3. The van der Waals surface area contributed by atoms with Gasteiger partial charge in [0, 0.05) is 36.7 Å². The van der Waals surface area contributed by atoms with Crippen LogP contribution >= 0.6 is 0 Å². The molecule has 0 saturated carbocycles. The van der Waals surface area contributed by atoms with E-state index < -0.39 is 0 Å². The number of likely N-dealkylation sites (tertiary alicyclic amines) is 1. The highest BCUT2D eigenvalue weighted by Gasteiger charge is 2.43. The van der Waals surface area contributed by atoms with Crippen LogP contribution in [-0.2, 0) is 16.1 Å². The Morgan fingerprint density at radius 1 is 1.32 bits per heavy atom. The fourth-order valence-electron chi connectivity index (χ4n) is 4.04. The van der Waals surface area contributed by atoms with E-state index in [0.29, 0.717) is 6.61 Å². The van der Waals surface area contributed by atoms with Gasteiger partial charge in [-0.2, -0.15) is 0 Å². The van der Waals surface area contributed by atoms with Crippen molar-refractivity contribution in [2.24, 2.45) is 5.41 Å². The molecule has 0 bridgehead atoms. The molecule has 1 atom stereocenters. The number of benzene rings is 1. The van der Waals surface area contributed by atoms with Gasteiger partial charge in [-0.25, -0.2) is 0 Å². The van der Waals surface area contributed by atoms with Crippen molar-refractivity contribution in [2.75, 3.05) is 40.0 Å². The van der Waals surface area contributed by atoms with Crippen LogP contribution < -0.4 is 4.74 Å². The Hall–Kier alpha value is -1.59. The van der Waals surface area contributed by atoms with E-state index in [1.54, 1.807) is 7.11 Å². The maximum Gasteiger partial charge on any atom is 0.248 e. The maximum atomic E-state index is 12.3. The average Bonchev–Trinajstić information content (AvgIpc) is 2.88. The normalized spacial score (nSPS) is 25.0. The van der Waals surface area contributed by atoms with Gasteiger partial charge in [-0.05, 0) is 45.4 Å². The smallest absolute Gasteiger partial charge is 0.248 e. The summed E-state index contributed by atoms with van der Waals surface area (Å²) >= 11 is 0. The molecule has 2 heterocycles. The van der Waals surface area contributed by atoms with Crippen LogP contribution in [0.4, 0.5) is 0 Å². The van der Waals surface area contributed by atoms with E-state index in [2.05, 4.69) is 43.9 Å². The highest BCUT2D eigenvalue weighted by atomic mass is 16.5. The lowest BCUT2D eigenvalue weighted by Crippen LogP contribution is -2.45. The number of aryl methyl sites for hydroxylation is 1. The van der Waals surface area contributed by atoms with Gasteiger partial charge in [0.25, 0.3) is 0 Å². The lowest BCUT2D eigenvalue weighted by molar-refractivity contribution is -0.135. The zero-order valence-corrected chi connectivity index (χ0v) is 15.9. The van der Waals surface area contributed by atoms with Gasteiger partial charge in [-0.3, -0.25) is 9.69 Å². The van der Waals surface area contributed by atoms with Gasteiger partial charge >= 0.3 is 0 Å². The fraction of sp³-hybridized carbons (Fsp3) is 0.650. The molecule has 0 aliphatic carbocycles. The van der Waals surface area contributed by atoms with Crippen LogP contribution in [0.2, 0.25) is 0 Å². The number of nitrogens with zero attached hydrogens (tertiary/aromatic N) is 2. The van der Waals surface area contributed by atoms with Crippen LogP contribution in [0.15, 0.2) is 18.2 Å². The standard InChI is InChI=1S/C20H30N2O3/c1-15(2)22-13-20(14-25-11-19(22)23)7-8-21(12-20)10-17-6-5-16(3)9-18(17)24-4/h5-6,9,15H,7-8,10-14H2,1-4H3. The Balaban J connectivity index is 1.71. The SMILES string of the molecule is COc1cc(C)ccc1CN1CCC2(COCC(=O)N(C(C)C)C2)C1. The molecule has 1 aromatic rings. The van der Waals surface area contributed by atoms with E-state index in [1.807, 2.05) is 4.90 Å². The van der Waals surface area contributed by atoms with E-state index in [9.17, 15) is 4.79 Å². The van der Waals surface area contributed by atoms with Gasteiger partial charge in [-0.15, -0.1) is 0 Å². The van der Waals surface area contributed by atoms with Crippen molar-refractivity contribution >= 4 is 5.91 Å². The molecule has 1 amide bonds. The fourth-order valence-corrected chi connectivity index (χ4v) is 4.04. The minimum Gasteiger partial charge on any atom is -0.496 e. The quantitative estimate of drug-likeness (QED) is 0.840. The summed E-state index contributed by atoms with van der Waals surface area (Å²) in [5, 5.41) is 0. The first-order chi connectivity index (χ1) is 11.9. The predicted octanol–water partition coefficient (Wildman–Crippen LogP) is 2.46. The van der Waals surface area contributed by atoms with Crippen LogP contribution in [0.25, 0.3) is 0 Å². The monoisotopic (exact) mass is 346 g/mol. The average molecular weight is 346 g/mol. The molecule has 1 unspecified atom stereocenters.